The maximum absolute atomic E-state index is 8.49. The molecule has 6 rings (SSSR count). The molecule has 0 heterocycles. The van der Waals surface area contributed by atoms with E-state index in [2.05, 4.69) is 111 Å². The van der Waals surface area contributed by atoms with Crippen LogP contribution in [-0.4, -0.2) is 23.6 Å². The summed E-state index contributed by atoms with van der Waals surface area (Å²) in [5, 5.41) is 4.99. The van der Waals surface area contributed by atoms with E-state index in [9.17, 15) is 0 Å². The van der Waals surface area contributed by atoms with Gasteiger partial charge in [0.15, 0.2) is 0 Å². The molecule has 0 saturated heterocycles. The van der Waals surface area contributed by atoms with Gasteiger partial charge in [-0.1, -0.05) is 131 Å². The van der Waals surface area contributed by atoms with Gasteiger partial charge in [0.2, 0.25) is 0 Å². The molecule has 0 saturated carbocycles. The van der Waals surface area contributed by atoms with E-state index in [0.717, 1.165) is 11.4 Å². The second-order valence-electron chi connectivity index (χ2n) is 12.6. The van der Waals surface area contributed by atoms with Crippen LogP contribution < -0.4 is 58.5 Å². The Bertz CT molecular complexity index is 1950. The monoisotopic (exact) mass is 1410 g/mol. The molecular weight excluding hydrogens is 1360 g/mol. The molecule has 0 spiro atoms. The zero-order chi connectivity index (χ0) is 48.1. The van der Waals surface area contributed by atoms with E-state index in [1.165, 1.54) is 32.3 Å². The summed E-state index contributed by atoms with van der Waals surface area (Å²) in [5.74, 6) is 0. The molecule has 0 amide bonds. The summed E-state index contributed by atoms with van der Waals surface area (Å²) in [6.45, 7) is 21.4. The molecule has 0 fully saturated rings. The standard InChI is InChI=1S/2C14H14P.2C9H11NS2.2Au.2ClHO4/c2*1-15(2,13-9-5-3-6-10-13)14-11-7-4-8-12-14;2*1-8-5-3-4-6-9(8)10-7-12-11-2;;;2*2-1(3,4)5/h2*3-12H,1-2H2;2*3-7H,1-2H3;;;2*(H,2,3,4,5)/q2*-1;;;;;;/p-2. The molecule has 66 heavy (non-hydrogen) atoms. The minimum atomic E-state index is -4.94. The summed E-state index contributed by atoms with van der Waals surface area (Å²) in [6, 6.07) is 57.6. The molecule has 366 valence electrons. The first-order valence-electron chi connectivity index (χ1n) is 18.3. The fourth-order valence-electron chi connectivity index (χ4n) is 4.81. The summed E-state index contributed by atoms with van der Waals surface area (Å²) in [5.41, 5.74) is 8.28. The minimum absolute atomic E-state index is 0. The van der Waals surface area contributed by atoms with Crippen molar-refractivity contribution in [2.75, 3.05) is 12.5 Å². The van der Waals surface area contributed by atoms with Crippen molar-refractivity contribution in [3.8, 4) is 0 Å². The smallest absolute Gasteiger partial charge is 0.0711 e. The van der Waals surface area contributed by atoms with E-state index in [-0.39, 0.29) is 44.8 Å². The van der Waals surface area contributed by atoms with E-state index >= 15 is 0 Å². The van der Waals surface area contributed by atoms with Crippen molar-refractivity contribution >= 4 is 101 Å². The normalized spacial score (nSPS) is 10.9. The van der Waals surface area contributed by atoms with Gasteiger partial charge in [-0.3, -0.25) is 0 Å². The fraction of sp³-hybridized carbons (Fsp3) is 0.0870. The molecule has 0 bridgehead atoms. The number of aryl methyl sites for hydroxylation is 2. The predicted octanol–water partition coefficient (Wildman–Crippen LogP) is 4.29. The summed E-state index contributed by atoms with van der Waals surface area (Å²) in [6.07, 6.45) is 4.07. The maximum Gasteiger partial charge on any atom is 0.0711 e. The van der Waals surface area contributed by atoms with E-state index in [1.807, 2.05) is 133 Å². The van der Waals surface area contributed by atoms with Crippen LogP contribution in [0.15, 0.2) is 180 Å². The Labute approximate surface area is 443 Å². The van der Waals surface area contributed by atoms with E-state index in [1.54, 1.807) is 43.2 Å². The van der Waals surface area contributed by atoms with Crippen molar-refractivity contribution in [1.82, 2.24) is 0 Å². The molecular formula is C46H50Au2Cl2N2O8P2S4-4. The van der Waals surface area contributed by atoms with Gasteiger partial charge in [-0.25, -0.2) is 47.3 Å². The Hall–Kier alpha value is -1.34. The van der Waals surface area contributed by atoms with Crippen LogP contribution in [-0.2, 0) is 44.8 Å². The molecule has 0 N–H and O–H groups in total. The number of hydrogen-bond donors (Lipinski definition) is 0. The third kappa shape index (κ3) is 31.7. The van der Waals surface area contributed by atoms with Gasteiger partial charge in [-0.15, -0.1) is 20.5 Å². The second-order valence-corrected chi connectivity index (χ2v) is 24.7. The van der Waals surface area contributed by atoms with Crippen LogP contribution in [0.25, 0.3) is 0 Å². The van der Waals surface area contributed by atoms with Gasteiger partial charge in [-0.05, 0) is 120 Å². The number of para-hydroxylation sites is 2. The molecule has 6 aromatic carbocycles. The van der Waals surface area contributed by atoms with Crippen molar-refractivity contribution in [3.05, 3.63) is 208 Å². The van der Waals surface area contributed by atoms with Gasteiger partial charge in [0.05, 0.1) is 22.5 Å². The van der Waals surface area contributed by atoms with Crippen LogP contribution >= 0.6 is 57.7 Å². The summed E-state index contributed by atoms with van der Waals surface area (Å²) in [4.78, 5) is 8.63. The zero-order valence-electron chi connectivity index (χ0n) is 36.2. The predicted molar refractivity (Wildman–Crippen MR) is 260 cm³/mol. The van der Waals surface area contributed by atoms with Crippen molar-refractivity contribution in [3.63, 3.8) is 0 Å². The van der Waals surface area contributed by atoms with E-state index < -0.39 is 35.0 Å². The average Bonchev–Trinajstić information content (AvgIpc) is 3.26. The summed E-state index contributed by atoms with van der Waals surface area (Å²) in [7, 11) is -6.52. The summed E-state index contributed by atoms with van der Waals surface area (Å²) < 4.78 is 67.9. The first-order chi connectivity index (χ1) is 30.1. The van der Waals surface area contributed by atoms with Crippen LogP contribution in [0, 0.1) is 61.0 Å². The van der Waals surface area contributed by atoms with E-state index in [4.69, 9.17) is 37.3 Å². The molecule has 6 aromatic rings. The molecule has 0 aliphatic rings. The number of benzene rings is 6. The van der Waals surface area contributed by atoms with Crippen LogP contribution in [0.3, 0.4) is 0 Å². The topological polar surface area (TPSA) is 209 Å². The van der Waals surface area contributed by atoms with Gasteiger partial charge in [0.1, 0.15) is 0 Å². The van der Waals surface area contributed by atoms with Crippen LogP contribution in [0.1, 0.15) is 11.1 Å². The number of hydrogen-bond acceptors (Lipinski definition) is 14. The van der Waals surface area contributed by atoms with E-state index in [0.29, 0.717) is 0 Å². The van der Waals surface area contributed by atoms with Crippen molar-refractivity contribution in [1.29, 1.82) is 0 Å². The van der Waals surface area contributed by atoms with Gasteiger partial charge in [0.25, 0.3) is 0 Å². The largest absolute Gasteiger partial charge is 0.249 e. The maximum atomic E-state index is 8.49. The Morgan fingerprint density at radius 2 is 0.591 bits per heavy atom. The average molecular weight is 1410 g/mol. The number of nitrogens with zero attached hydrogens (tertiary/aromatic N) is 2. The molecule has 0 aromatic heterocycles. The van der Waals surface area contributed by atoms with Crippen molar-refractivity contribution in [2.24, 2.45) is 9.98 Å². The zero-order valence-corrected chi connectivity index (χ0v) is 47.1. The number of halogens is 2. The third-order valence-electron chi connectivity index (χ3n) is 7.89. The number of rotatable bonds is 10. The molecule has 0 aliphatic heterocycles. The Morgan fingerprint density at radius 3 is 0.788 bits per heavy atom. The van der Waals surface area contributed by atoms with Gasteiger partial charge in [0, 0.05) is 66.0 Å². The third-order valence-corrected chi connectivity index (χ3v) is 15.5. The summed E-state index contributed by atoms with van der Waals surface area (Å²) >= 11 is 0. The molecule has 0 unspecified atom stereocenters. The number of aliphatic imine (C=N–C) groups is 2. The van der Waals surface area contributed by atoms with Crippen LogP contribution in [0.4, 0.5) is 11.4 Å². The van der Waals surface area contributed by atoms with Gasteiger partial charge >= 0.3 is 0 Å². The minimum Gasteiger partial charge on any atom is -0.249 e. The quantitative estimate of drug-likeness (QED) is 0.0470. The van der Waals surface area contributed by atoms with Crippen molar-refractivity contribution < 1.29 is 103 Å². The molecule has 0 aliphatic carbocycles. The molecule has 20 heteroatoms. The Kier molecular flexibility index (Phi) is 37.0. The second kappa shape index (κ2) is 36.6. The fourth-order valence-corrected chi connectivity index (χ4v) is 9.64. The van der Waals surface area contributed by atoms with Crippen LogP contribution in [0.5, 0.6) is 0 Å². The molecule has 0 atom stereocenters. The SMILES string of the molecule is CSSC=Nc1ccccc1C.CSSC=Nc1ccccc1C.[Au].[Au].[CH2-][P+]([CH2-])(c1ccccc1)c1ccccc1.[CH2-][P+]([CH2-])(c1ccccc1)c1ccccc1.[O-][Cl+3]([O-])([O-])[O-].[O-][Cl+3]([O-])([O-])[O-]. The Balaban J connectivity index is 0. The first kappa shape index (κ1) is 66.7. The van der Waals surface area contributed by atoms with Gasteiger partial charge in [-0.2, -0.15) is 41.2 Å². The first-order valence-corrected chi connectivity index (χ1v) is 30.3. The van der Waals surface area contributed by atoms with Gasteiger partial charge < -0.3 is 0 Å². The molecule has 2 radical (unpaired) electrons. The van der Waals surface area contributed by atoms with Crippen molar-refractivity contribution in [2.45, 2.75) is 13.8 Å². The van der Waals surface area contributed by atoms with Crippen LogP contribution in [0.2, 0.25) is 0 Å². The Morgan fingerprint density at radius 1 is 0.394 bits per heavy atom. The molecule has 10 nitrogen and oxygen atoms in total.